The van der Waals surface area contributed by atoms with Crippen molar-refractivity contribution in [3.8, 4) is 0 Å². The van der Waals surface area contributed by atoms with E-state index in [-0.39, 0.29) is 4.90 Å². The van der Waals surface area contributed by atoms with Crippen LogP contribution in [-0.2, 0) is 10.0 Å². The Morgan fingerprint density at radius 1 is 1.21 bits per heavy atom. The molecule has 0 radical (unpaired) electrons. The Labute approximate surface area is 123 Å². The van der Waals surface area contributed by atoms with Gasteiger partial charge in [0.25, 0.3) is 0 Å². The number of primary sulfonamides is 1. The van der Waals surface area contributed by atoms with Crippen molar-refractivity contribution in [2.75, 3.05) is 12.0 Å². The Morgan fingerprint density at radius 3 is 2.47 bits per heavy atom. The first-order valence-electron chi connectivity index (χ1n) is 4.87. The SMILES string of the molecule is CSc1nnc(Sc2cc(N)cc(S(N)(=O)=O)c2)s1. The van der Waals surface area contributed by atoms with Crippen LogP contribution in [-0.4, -0.2) is 24.9 Å². The molecule has 0 aliphatic rings. The van der Waals surface area contributed by atoms with Crippen molar-refractivity contribution in [1.29, 1.82) is 0 Å². The molecule has 19 heavy (non-hydrogen) atoms. The predicted molar refractivity (Wildman–Crippen MR) is 78.0 cm³/mol. The van der Waals surface area contributed by atoms with Gasteiger partial charge in [-0.05, 0) is 24.5 Å². The van der Waals surface area contributed by atoms with Crippen LogP contribution in [0.15, 0.2) is 36.7 Å². The van der Waals surface area contributed by atoms with E-state index in [0.717, 1.165) is 8.68 Å². The maximum atomic E-state index is 11.3. The molecule has 102 valence electrons. The number of hydrogen-bond donors (Lipinski definition) is 2. The predicted octanol–water partition coefficient (Wildman–Crippen LogP) is 1.64. The van der Waals surface area contributed by atoms with E-state index in [4.69, 9.17) is 10.9 Å². The molecular formula is C9H10N4O2S4. The molecule has 0 saturated carbocycles. The molecule has 10 heteroatoms. The smallest absolute Gasteiger partial charge is 0.238 e. The molecule has 1 aromatic heterocycles. The lowest BCUT2D eigenvalue weighted by molar-refractivity contribution is 0.597. The number of nitrogens with two attached hydrogens (primary N) is 2. The number of anilines is 1. The number of benzene rings is 1. The highest BCUT2D eigenvalue weighted by atomic mass is 32.2. The van der Waals surface area contributed by atoms with Gasteiger partial charge in [0.15, 0.2) is 8.68 Å². The lowest BCUT2D eigenvalue weighted by atomic mass is 10.3. The Kier molecular flexibility index (Phi) is 4.36. The maximum absolute atomic E-state index is 11.3. The number of nitrogens with zero attached hydrogens (tertiary/aromatic N) is 2. The number of hydrogen-bond acceptors (Lipinski definition) is 8. The summed E-state index contributed by atoms with van der Waals surface area (Å²) < 4.78 is 24.2. The summed E-state index contributed by atoms with van der Waals surface area (Å²) in [6.45, 7) is 0. The molecule has 0 unspecified atom stereocenters. The molecule has 4 N–H and O–H groups in total. The molecule has 0 amide bonds. The van der Waals surface area contributed by atoms with Crippen molar-refractivity contribution in [3.63, 3.8) is 0 Å². The summed E-state index contributed by atoms with van der Waals surface area (Å²) in [7, 11) is -3.77. The first-order chi connectivity index (χ1) is 8.88. The first-order valence-corrected chi connectivity index (χ1v) is 9.27. The third kappa shape index (κ3) is 3.83. The van der Waals surface area contributed by atoms with Gasteiger partial charge in [-0.1, -0.05) is 34.9 Å². The fourth-order valence-corrected chi connectivity index (χ4v) is 4.42. The Hall–Kier alpha value is -0.810. The standard InChI is InChI=1S/C9H10N4O2S4/c1-16-8-12-13-9(18-8)17-6-2-5(10)3-7(4-6)19(11,14)15/h2-4H,10H2,1H3,(H2,11,14,15). The van der Waals surface area contributed by atoms with Crippen molar-refractivity contribution in [1.82, 2.24) is 10.2 Å². The van der Waals surface area contributed by atoms with Crippen LogP contribution in [0.5, 0.6) is 0 Å². The molecule has 2 aromatic rings. The molecule has 2 rings (SSSR count). The number of aromatic nitrogens is 2. The van der Waals surface area contributed by atoms with Crippen LogP contribution in [0.2, 0.25) is 0 Å². The summed E-state index contributed by atoms with van der Waals surface area (Å²) in [5, 5.41) is 13.0. The molecule has 0 spiro atoms. The first kappa shape index (κ1) is 14.6. The molecule has 0 bridgehead atoms. The fraction of sp³-hybridized carbons (Fsp3) is 0.111. The van der Waals surface area contributed by atoms with Gasteiger partial charge in [-0.3, -0.25) is 0 Å². The molecule has 0 saturated heterocycles. The van der Waals surface area contributed by atoms with Crippen molar-refractivity contribution in [2.24, 2.45) is 5.14 Å². The Morgan fingerprint density at radius 2 is 1.89 bits per heavy atom. The van der Waals surface area contributed by atoms with E-state index in [9.17, 15) is 8.42 Å². The third-order valence-electron chi connectivity index (χ3n) is 2.00. The lowest BCUT2D eigenvalue weighted by Crippen LogP contribution is -2.12. The van der Waals surface area contributed by atoms with Crippen LogP contribution in [0.4, 0.5) is 5.69 Å². The van der Waals surface area contributed by atoms with E-state index in [1.54, 1.807) is 6.07 Å². The highest BCUT2D eigenvalue weighted by Crippen LogP contribution is 2.34. The topological polar surface area (TPSA) is 112 Å². The molecule has 0 aliphatic carbocycles. The van der Waals surface area contributed by atoms with E-state index in [0.29, 0.717) is 10.6 Å². The zero-order chi connectivity index (χ0) is 14.0. The minimum Gasteiger partial charge on any atom is -0.399 e. The van der Waals surface area contributed by atoms with Crippen LogP contribution >= 0.6 is 34.9 Å². The average Bonchev–Trinajstić information content (AvgIpc) is 2.75. The summed E-state index contributed by atoms with van der Waals surface area (Å²) in [6, 6.07) is 4.46. The number of thioether (sulfide) groups is 1. The van der Waals surface area contributed by atoms with Crippen LogP contribution in [0.1, 0.15) is 0 Å². The highest BCUT2D eigenvalue weighted by Gasteiger charge is 2.12. The van der Waals surface area contributed by atoms with Gasteiger partial charge < -0.3 is 5.73 Å². The van der Waals surface area contributed by atoms with Crippen LogP contribution in [0, 0.1) is 0 Å². The van der Waals surface area contributed by atoms with Gasteiger partial charge in [0.05, 0.1) is 4.90 Å². The second kappa shape index (κ2) is 5.67. The van der Waals surface area contributed by atoms with E-state index in [1.807, 2.05) is 6.26 Å². The largest absolute Gasteiger partial charge is 0.399 e. The van der Waals surface area contributed by atoms with Gasteiger partial charge in [0, 0.05) is 10.6 Å². The van der Waals surface area contributed by atoms with Crippen LogP contribution < -0.4 is 10.9 Å². The second-order valence-corrected chi connectivity index (χ2v) is 8.34. The monoisotopic (exact) mass is 334 g/mol. The Balaban J connectivity index is 2.32. The molecular weight excluding hydrogens is 324 g/mol. The van der Waals surface area contributed by atoms with Crippen molar-refractivity contribution in [3.05, 3.63) is 18.2 Å². The van der Waals surface area contributed by atoms with E-state index in [2.05, 4.69) is 10.2 Å². The molecule has 1 heterocycles. The summed E-state index contributed by atoms with van der Waals surface area (Å²) >= 11 is 4.23. The number of rotatable bonds is 4. The van der Waals surface area contributed by atoms with Crippen molar-refractivity contribution in [2.45, 2.75) is 18.5 Å². The number of nitrogen functional groups attached to an aromatic ring is 1. The zero-order valence-corrected chi connectivity index (χ0v) is 13.0. The van der Waals surface area contributed by atoms with Gasteiger partial charge in [-0.2, -0.15) is 0 Å². The van der Waals surface area contributed by atoms with Gasteiger partial charge in [-0.15, -0.1) is 10.2 Å². The molecule has 1 aromatic carbocycles. The summed E-state index contributed by atoms with van der Waals surface area (Å²) in [5.41, 5.74) is 6.01. The summed E-state index contributed by atoms with van der Waals surface area (Å²) in [6.07, 6.45) is 1.91. The van der Waals surface area contributed by atoms with Crippen molar-refractivity contribution >= 4 is 50.6 Å². The lowest BCUT2D eigenvalue weighted by Gasteiger charge is -2.04. The van der Waals surface area contributed by atoms with Crippen LogP contribution in [0.3, 0.4) is 0 Å². The summed E-state index contributed by atoms with van der Waals surface area (Å²) in [5.74, 6) is 0. The van der Waals surface area contributed by atoms with E-state index in [1.165, 1.54) is 47.0 Å². The van der Waals surface area contributed by atoms with E-state index < -0.39 is 10.0 Å². The zero-order valence-electron chi connectivity index (χ0n) is 9.73. The number of sulfonamides is 1. The molecule has 0 atom stereocenters. The van der Waals surface area contributed by atoms with E-state index >= 15 is 0 Å². The Bertz CT molecular complexity index is 698. The fourth-order valence-electron chi connectivity index (χ4n) is 1.24. The molecule has 0 fully saturated rings. The maximum Gasteiger partial charge on any atom is 0.238 e. The van der Waals surface area contributed by atoms with Gasteiger partial charge >= 0.3 is 0 Å². The van der Waals surface area contributed by atoms with Crippen LogP contribution in [0.25, 0.3) is 0 Å². The quantitative estimate of drug-likeness (QED) is 0.645. The van der Waals surface area contributed by atoms with Crippen molar-refractivity contribution < 1.29 is 8.42 Å². The second-order valence-electron chi connectivity index (χ2n) is 3.42. The molecule has 0 aliphatic heterocycles. The third-order valence-corrected chi connectivity index (χ3v) is 5.81. The summed E-state index contributed by atoms with van der Waals surface area (Å²) in [4.78, 5) is 0.650. The average molecular weight is 334 g/mol. The van der Waals surface area contributed by atoms with Gasteiger partial charge in [0.1, 0.15) is 0 Å². The highest BCUT2D eigenvalue weighted by molar-refractivity contribution is 8.03. The normalized spacial score (nSPS) is 11.7. The minimum atomic E-state index is -3.77. The molecule has 6 nitrogen and oxygen atoms in total. The minimum absolute atomic E-state index is 0.00962. The van der Waals surface area contributed by atoms with Gasteiger partial charge in [0.2, 0.25) is 10.0 Å². The van der Waals surface area contributed by atoms with Gasteiger partial charge in [-0.25, -0.2) is 13.6 Å².